The molecule has 1 aromatic carbocycles. The molecule has 1 aliphatic heterocycles. The minimum absolute atomic E-state index is 0.268. The van der Waals surface area contributed by atoms with Gasteiger partial charge in [0.2, 0.25) is 0 Å². The summed E-state index contributed by atoms with van der Waals surface area (Å²) in [5.74, 6) is 0.753. The average molecular weight is 250 g/mol. The minimum Gasteiger partial charge on any atom is -0.242 e. The van der Waals surface area contributed by atoms with Crippen LogP contribution < -0.4 is 5.43 Å². The molecule has 0 fully saturated rings. The van der Waals surface area contributed by atoms with E-state index >= 15 is 0 Å². The van der Waals surface area contributed by atoms with E-state index < -0.39 is 0 Å². The molecule has 0 spiro atoms. The van der Waals surface area contributed by atoms with Crippen molar-refractivity contribution >= 4 is 5.84 Å². The van der Waals surface area contributed by atoms with Crippen LogP contribution in [0, 0.1) is 0 Å². The van der Waals surface area contributed by atoms with Gasteiger partial charge in [0.05, 0.1) is 0 Å². The van der Waals surface area contributed by atoms with Crippen LogP contribution in [0.3, 0.4) is 0 Å². The highest BCUT2D eigenvalue weighted by Crippen LogP contribution is 2.17. The topological polar surface area (TPSA) is 49.1 Å². The quantitative estimate of drug-likeness (QED) is 0.861. The van der Waals surface area contributed by atoms with Gasteiger partial charge in [0, 0.05) is 5.56 Å². The monoisotopic (exact) mass is 250 g/mol. The Kier molecular flexibility index (Phi) is 3.32. The highest BCUT2D eigenvalue weighted by atomic mass is 15.5. The van der Waals surface area contributed by atoms with Gasteiger partial charge in [-0.2, -0.15) is 0 Å². The lowest BCUT2D eigenvalue weighted by atomic mass is 10.1. The predicted octanol–water partition coefficient (Wildman–Crippen LogP) is 3.17. The van der Waals surface area contributed by atoms with Crippen LogP contribution in [0.2, 0.25) is 0 Å². The Bertz CT molecular complexity index is 594. The molecule has 4 nitrogen and oxygen atoms in total. The first kappa shape index (κ1) is 11.6. The number of hydrogen-bond acceptors (Lipinski definition) is 4. The van der Waals surface area contributed by atoms with E-state index in [1.807, 2.05) is 42.5 Å². The minimum atomic E-state index is -0.268. The summed E-state index contributed by atoms with van der Waals surface area (Å²) in [6, 6.07) is 9.94. The second-order valence-corrected chi connectivity index (χ2v) is 4.28. The molecule has 0 saturated heterocycles. The van der Waals surface area contributed by atoms with Gasteiger partial charge in [0.1, 0.15) is 0 Å². The number of allylic oxidation sites excluding steroid dienone is 4. The van der Waals surface area contributed by atoms with Crippen molar-refractivity contribution in [2.75, 3.05) is 0 Å². The summed E-state index contributed by atoms with van der Waals surface area (Å²) >= 11 is 0. The van der Waals surface area contributed by atoms with E-state index in [0.717, 1.165) is 23.4 Å². The van der Waals surface area contributed by atoms with Crippen LogP contribution in [-0.4, -0.2) is 12.0 Å². The molecule has 0 aromatic heterocycles. The fraction of sp³-hybridized carbons (Fsp3) is 0.133. The second-order valence-electron chi connectivity index (χ2n) is 4.28. The molecule has 2 aliphatic rings. The van der Waals surface area contributed by atoms with Gasteiger partial charge < -0.3 is 0 Å². The van der Waals surface area contributed by atoms with Gasteiger partial charge in [-0.25, -0.2) is 10.4 Å². The van der Waals surface area contributed by atoms with Crippen LogP contribution in [0.4, 0.5) is 0 Å². The van der Waals surface area contributed by atoms with E-state index in [9.17, 15) is 0 Å². The molecule has 94 valence electrons. The zero-order valence-electron chi connectivity index (χ0n) is 10.4. The summed E-state index contributed by atoms with van der Waals surface area (Å²) in [6.45, 7) is 0. The Morgan fingerprint density at radius 2 is 2.00 bits per heavy atom. The smallest absolute Gasteiger partial charge is 0.190 e. The average Bonchev–Trinajstić information content (AvgIpc) is 2.77. The molecule has 3 rings (SSSR count). The second kappa shape index (κ2) is 5.44. The lowest BCUT2D eigenvalue weighted by Crippen LogP contribution is -2.25. The molecule has 19 heavy (non-hydrogen) atoms. The third-order valence-electron chi connectivity index (χ3n) is 2.93. The molecule has 4 heteroatoms. The van der Waals surface area contributed by atoms with Gasteiger partial charge in [-0.3, -0.25) is 0 Å². The number of aliphatic imine (C=N–C) groups is 1. The van der Waals surface area contributed by atoms with E-state index in [1.165, 1.54) is 0 Å². The van der Waals surface area contributed by atoms with Crippen LogP contribution in [0.1, 0.15) is 12.0 Å². The Morgan fingerprint density at radius 3 is 2.89 bits per heavy atom. The fourth-order valence-electron chi connectivity index (χ4n) is 1.95. The zero-order valence-corrected chi connectivity index (χ0v) is 10.4. The lowest BCUT2D eigenvalue weighted by molar-refractivity contribution is 0.686. The van der Waals surface area contributed by atoms with E-state index in [1.54, 1.807) is 0 Å². The number of benzene rings is 1. The normalized spacial score (nSPS) is 21.4. The number of rotatable bonds is 2. The number of hydrogen-bond donors (Lipinski definition) is 1. The highest BCUT2D eigenvalue weighted by Gasteiger charge is 2.16. The Labute approximate surface area is 111 Å². The molecule has 1 unspecified atom stereocenters. The van der Waals surface area contributed by atoms with Crippen molar-refractivity contribution in [3.05, 3.63) is 71.8 Å². The maximum absolute atomic E-state index is 4.61. The van der Waals surface area contributed by atoms with E-state index in [-0.39, 0.29) is 6.17 Å². The van der Waals surface area contributed by atoms with Crippen LogP contribution in [0.15, 0.2) is 81.6 Å². The van der Waals surface area contributed by atoms with Gasteiger partial charge in [-0.05, 0) is 12.0 Å². The number of amidine groups is 1. The summed E-state index contributed by atoms with van der Waals surface area (Å²) in [5, 5.41) is 8.11. The van der Waals surface area contributed by atoms with Crippen molar-refractivity contribution in [2.45, 2.75) is 12.6 Å². The standard InChI is InChI=1S/C15H14N4/c1-2-5-9-12(8-4-1)14-16-15(18-19-17-14)13-10-6-3-7-11-13/h1,3-11,14H,2H2,(H,16,17,18). The summed E-state index contributed by atoms with van der Waals surface area (Å²) in [7, 11) is 0. The SMILES string of the molecule is C1=CCC=CC(C2N=NNC(c3ccccc3)=N2)=C1. The summed E-state index contributed by atoms with van der Waals surface area (Å²) in [5.41, 5.74) is 4.92. The van der Waals surface area contributed by atoms with Crippen molar-refractivity contribution < 1.29 is 0 Å². The van der Waals surface area contributed by atoms with Crippen LogP contribution >= 0.6 is 0 Å². The van der Waals surface area contributed by atoms with Crippen molar-refractivity contribution in [2.24, 2.45) is 15.3 Å². The van der Waals surface area contributed by atoms with E-state index in [0.29, 0.717) is 0 Å². The zero-order chi connectivity index (χ0) is 12.9. The molecule has 1 aliphatic carbocycles. The number of nitrogens with one attached hydrogen (secondary N) is 1. The first-order valence-electron chi connectivity index (χ1n) is 6.26. The van der Waals surface area contributed by atoms with Gasteiger partial charge in [0.15, 0.2) is 12.0 Å². The van der Waals surface area contributed by atoms with Gasteiger partial charge in [0.25, 0.3) is 0 Å². The van der Waals surface area contributed by atoms with Gasteiger partial charge in [-0.1, -0.05) is 65.9 Å². The molecule has 1 heterocycles. The van der Waals surface area contributed by atoms with Crippen molar-refractivity contribution in [1.29, 1.82) is 0 Å². The molecule has 1 aromatic rings. The highest BCUT2D eigenvalue weighted by molar-refractivity contribution is 5.98. The van der Waals surface area contributed by atoms with E-state index in [2.05, 4.69) is 39.0 Å². The Balaban J connectivity index is 1.89. The molecule has 1 N–H and O–H groups in total. The van der Waals surface area contributed by atoms with Crippen molar-refractivity contribution in [3.63, 3.8) is 0 Å². The van der Waals surface area contributed by atoms with Crippen LogP contribution in [0.5, 0.6) is 0 Å². The maximum Gasteiger partial charge on any atom is 0.190 e. The first-order valence-corrected chi connectivity index (χ1v) is 6.26. The van der Waals surface area contributed by atoms with Crippen LogP contribution in [-0.2, 0) is 0 Å². The first-order chi connectivity index (χ1) is 9.43. The third kappa shape index (κ3) is 2.68. The van der Waals surface area contributed by atoms with Crippen LogP contribution in [0.25, 0.3) is 0 Å². The Hall–Kier alpha value is -2.49. The molecule has 0 radical (unpaired) electrons. The predicted molar refractivity (Wildman–Crippen MR) is 75.7 cm³/mol. The number of nitrogens with zero attached hydrogens (tertiary/aromatic N) is 3. The fourth-order valence-corrected chi connectivity index (χ4v) is 1.95. The van der Waals surface area contributed by atoms with Gasteiger partial charge >= 0.3 is 0 Å². The summed E-state index contributed by atoms with van der Waals surface area (Å²) in [6.07, 6.45) is 11.0. The molecular formula is C15H14N4. The summed E-state index contributed by atoms with van der Waals surface area (Å²) in [4.78, 5) is 4.61. The molecule has 1 atom stereocenters. The lowest BCUT2D eigenvalue weighted by Gasteiger charge is -2.15. The molecule has 0 saturated carbocycles. The third-order valence-corrected chi connectivity index (χ3v) is 2.93. The van der Waals surface area contributed by atoms with Crippen molar-refractivity contribution in [3.8, 4) is 0 Å². The largest absolute Gasteiger partial charge is 0.242 e. The molecular weight excluding hydrogens is 236 g/mol. The summed E-state index contributed by atoms with van der Waals surface area (Å²) < 4.78 is 0. The van der Waals surface area contributed by atoms with E-state index in [4.69, 9.17) is 0 Å². The van der Waals surface area contributed by atoms with Crippen molar-refractivity contribution in [1.82, 2.24) is 5.43 Å². The molecule has 0 bridgehead atoms. The van der Waals surface area contributed by atoms with Gasteiger partial charge in [-0.15, -0.1) is 5.11 Å². The molecule has 0 amide bonds. The Morgan fingerprint density at radius 1 is 1.11 bits per heavy atom. The maximum atomic E-state index is 4.61.